The molecule has 6 nitrogen and oxygen atoms in total. The fourth-order valence-electron chi connectivity index (χ4n) is 2.32. The maximum absolute atomic E-state index is 10.3. The number of ether oxygens (including phenoxy) is 1. The SMILES string of the molecule is COc1nccnc1C(O)CCc1c(C)nn(C)c1C. The monoisotopic (exact) mass is 276 g/mol. The fraction of sp³-hybridized carbons (Fsp3) is 0.500. The van der Waals surface area contributed by atoms with Crippen molar-refractivity contribution in [2.75, 3.05) is 7.11 Å². The van der Waals surface area contributed by atoms with E-state index in [1.54, 1.807) is 12.4 Å². The van der Waals surface area contributed by atoms with Crippen LogP contribution in [0.1, 0.15) is 35.2 Å². The maximum atomic E-state index is 10.3. The van der Waals surface area contributed by atoms with Crippen LogP contribution in [0.4, 0.5) is 0 Å². The van der Waals surface area contributed by atoms with Gasteiger partial charge in [-0.05, 0) is 32.3 Å². The standard InChI is InChI=1S/C14H20N4O2/c1-9-11(10(2)18(3)17-9)5-6-12(19)13-14(20-4)16-8-7-15-13/h7-8,12,19H,5-6H2,1-4H3. The lowest BCUT2D eigenvalue weighted by atomic mass is 10.0. The number of aryl methyl sites for hydroxylation is 2. The molecule has 2 rings (SSSR count). The summed E-state index contributed by atoms with van der Waals surface area (Å²) >= 11 is 0. The Morgan fingerprint density at radius 2 is 2.00 bits per heavy atom. The molecule has 0 saturated heterocycles. The highest BCUT2D eigenvalue weighted by Gasteiger charge is 2.18. The zero-order chi connectivity index (χ0) is 14.7. The van der Waals surface area contributed by atoms with E-state index < -0.39 is 6.10 Å². The van der Waals surface area contributed by atoms with Crippen molar-refractivity contribution in [3.05, 3.63) is 35.0 Å². The highest BCUT2D eigenvalue weighted by molar-refractivity contribution is 5.25. The van der Waals surface area contributed by atoms with Gasteiger partial charge in [0.25, 0.3) is 0 Å². The molecule has 2 heterocycles. The van der Waals surface area contributed by atoms with Gasteiger partial charge in [-0.3, -0.25) is 9.67 Å². The van der Waals surface area contributed by atoms with Crippen LogP contribution >= 0.6 is 0 Å². The molecule has 1 N–H and O–H groups in total. The van der Waals surface area contributed by atoms with Gasteiger partial charge in [0.15, 0.2) is 0 Å². The summed E-state index contributed by atoms with van der Waals surface area (Å²) in [6, 6.07) is 0. The molecule has 0 aliphatic heterocycles. The largest absolute Gasteiger partial charge is 0.480 e. The van der Waals surface area contributed by atoms with E-state index in [1.165, 1.54) is 12.7 Å². The third-order valence-corrected chi connectivity index (χ3v) is 3.53. The predicted molar refractivity (Wildman–Crippen MR) is 74.5 cm³/mol. The molecule has 0 bridgehead atoms. The van der Waals surface area contributed by atoms with Crippen molar-refractivity contribution in [3.8, 4) is 5.88 Å². The Bertz CT molecular complexity index is 595. The first-order chi connectivity index (χ1) is 9.54. The molecule has 2 aromatic rings. The van der Waals surface area contributed by atoms with Crippen LogP contribution in [0.3, 0.4) is 0 Å². The molecule has 108 valence electrons. The van der Waals surface area contributed by atoms with Crippen LogP contribution in [-0.2, 0) is 13.5 Å². The zero-order valence-electron chi connectivity index (χ0n) is 12.3. The Morgan fingerprint density at radius 1 is 1.30 bits per heavy atom. The average molecular weight is 276 g/mol. The Labute approximate surface area is 118 Å². The van der Waals surface area contributed by atoms with Crippen molar-refractivity contribution in [3.63, 3.8) is 0 Å². The van der Waals surface area contributed by atoms with Gasteiger partial charge in [0.1, 0.15) is 11.8 Å². The van der Waals surface area contributed by atoms with E-state index in [-0.39, 0.29) is 0 Å². The molecule has 0 fully saturated rings. The molecule has 0 amide bonds. The Morgan fingerprint density at radius 3 is 2.60 bits per heavy atom. The van der Waals surface area contributed by atoms with E-state index in [4.69, 9.17) is 4.74 Å². The molecular formula is C14H20N4O2. The molecule has 1 atom stereocenters. The van der Waals surface area contributed by atoms with Crippen molar-refractivity contribution in [1.82, 2.24) is 19.7 Å². The molecule has 6 heteroatoms. The number of hydrogen-bond donors (Lipinski definition) is 1. The highest BCUT2D eigenvalue weighted by Crippen LogP contribution is 2.25. The van der Waals surface area contributed by atoms with Gasteiger partial charge in [-0.25, -0.2) is 4.98 Å². The van der Waals surface area contributed by atoms with Gasteiger partial charge < -0.3 is 9.84 Å². The number of aliphatic hydroxyl groups excluding tert-OH is 1. The van der Waals surface area contributed by atoms with Crippen LogP contribution in [0.2, 0.25) is 0 Å². The first-order valence-corrected chi connectivity index (χ1v) is 6.56. The Balaban J connectivity index is 2.10. The number of methoxy groups -OCH3 is 1. The van der Waals surface area contributed by atoms with Gasteiger partial charge in [0.2, 0.25) is 5.88 Å². The summed E-state index contributed by atoms with van der Waals surface area (Å²) in [6.45, 7) is 4.02. The minimum Gasteiger partial charge on any atom is -0.480 e. The van der Waals surface area contributed by atoms with Gasteiger partial charge in [-0.2, -0.15) is 5.10 Å². The van der Waals surface area contributed by atoms with E-state index >= 15 is 0 Å². The van der Waals surface area contributed by atoms with Crippen molar-refractivity contribution in [1.29, 1.82) is 0 Å². The second-order valence-electron chi connectivity index (χ2n) is 4.78. The second kappa shape index (κ2) is 6.00. The van der Waals surface area contributed by atoms with Gasteiger partial charge >= 0.3 is 0 Å². The highest BCUT2D eigenvalue weighted by atomic mass is 16.5. The fourth-order valence-corrected chi connectivity index (χ4v) is 2.32. The molecule has 0 aliphatic rings. The van der Waals surface area contributed by atoms with Crippen LogP contribution in [0.5, 0.6) is 5.88 Å². The van der Waals surface area contributed by atoms with Crippen molar-refractivity contribution < 1.29 is 9.84 Å². The smallest absolute Gasteiger partial charge is 0.238 e. The van der Waals surface area contributed by atoms with Crippen LogP contribution in [0, 0.1) is 13.8 Å². The molecule has 0 spiro atoms. The third-order valence-electron chi connectivity index (χ3n) is 3.53. The number of rotatable bonds is 5. The number of aromatic nitrogens is 4. The Hall–Kier alpha value is -1.95. The van der Waals surface area contributed by atoms with E-state index in [9.17, 15) is 5.11 Å². The van der Waals surface area contributed by atoms with Gasteiger partial charge in [-0.15, -0.1) is 0 Å². The normalized spacial score (nSPS) is 12.4. The predicted octanol–water partition coefficient (Wildman–Crippen LogP) is 1.50. The third kappa shape index (κ3) is 2.80. The summed E-state index contributed by atoms with van der Waals surface area (Å²) < 4.78 is 6.98. The lowest BCUT2D eigenvalue weighted by Crippen LogP contribution is -2.06. The first kappa shape index (κ1) is 14.5. The number of aliphatic hydroxyl groups is 1. The van der Waals surface area contributed by atoms with Crippen molar-refractivity contribution >= 4 is 0 Å². The average Bonchev–Trinajstić information content (AvgIpc) is 2.70. The summed E-state index contributed by atoms with van der Waals surface area (Å²) in [5, 5.41) is 14.7. The summed E-state index contributed by atoms with van der Waals surface area (Å²) in [5.74, 6) is 0.375. The molecule has 0 aromatic carbocycles. The lowest BCUT2D eigenvalue weighted by molar-refractivity contribution is 0.157. The van der Waals surface area contributed by atoms with Crippen LogP contribution < -0.4 is 4.74 Å². The molecule has 0 saturated carbocycles. The number of nitrogens with zero attached hydrogens (tertiary/aromatic N) is 4. The van der Waals surface area contributed by atoms with Gasteiger partial charge in [0.05, 0.1) is 12.8 Å². The summed E-state index contributed by atoms with van der Waals surface area (Å²) in [4.78, 5) is 8.20. The van der Waals surface area contributed by atoms with Gasteiger partial charge in [0, 0.05) is 25.1 Å². The zero-order valence-corrected chi connectivity index (χ0v) is 12.3. The number of hydrogen-bond acceptors (Lipinski definition) is 5. The minimum atomic E-state index is -0.697. The maximum Gasteiger partial charge on any atom is 0.238 e. The van der Waals surface area contributed by atoms with E-state index in [0.717, 1.165) is 17.8 Å². The van der Waals surface area contributed by atoms with Crippen LogP contribution in [0.25, 0.3) is 0 Å². The second-order valence-corrected chi connectivity index (χ2v) is 4.78. The summed E-state index contributed by atoms with van der Waals surface area (Å²) in [6.07, 6.45) is 3.71. The van der Waals surface area contributed by atoms with Crippen LogP contribution in [-0.4, -0.2) is 32.0 Å². The molecular weight excluding hydrogens is 256 g/mol. The molecule has 1 unspecified atom stereocenters. The molecule has 2 aromatic heterocycles. The topological polar surface area (TPSA) is 73.1 Å². The quantitative estimate of drug-likeness (QED) is 0.896. The molecule has 0 radical (unpaired) electrons. The first-order valence-electron chi connectivity index (χ1n) is 6.56. The summed E-state index contributed by atoms with van der Waals surface area (Å²) in [5.41, 5.74) is 3.78. The summed E-state index contributed by atoms with van der Waals surface area (Å²) in [7, 11) is 3.45. The molecule has 20 heavy (non-hydrogen) atoms. The van der Waals surface area contributed by atoms with E-state index in [2.05, 4.69) is 15.1 Å². The van der Waals surface area contributed by atoms with Crippen molar-refractivity contribution in [2.45, 2.75) is 32.8 Å². The molecule has 0 aliphatic carbocycles. The van der Waals surface area contributed by atoms with E-state index in [0.29, 0.717) is 18.0 Å². The lowest BCUT2D eigenvalue weighted by Gasteiger charge is -2.12. The van der Waals surface area contributed by atoms with Gasteiger partial charge in [-0.1, -0.05) is 0 Å². The Kier molecular flexibility index (Phi) is 4.34. The van der Waals surface area contributed by atoms with E-state index in [1.807, 2.05) is 25.6 Å². The van der Waals surface area contributed by atoms with Crippen molar-refractivity contribution in [2.24, 2.45) is 7.05 Å². The minimum absolute atomic E-state index is 0.375. The van der Waals surface area contributed by atoms with Crippen LogP contribution in [0.15, 0.2) is 12.4 Å².